The summed E-state index contributed by atoms with van der Waals surface area (Å²) in [5, 5.41) is 0. The normalized spacial score (nSPS) is 11.4. The number of para-hydroxylation sites is 2. The zero-order valence-corrected chi connectivity index (χ0v) is 14.2. The average Bonchev–Trinajstić information content (AvgIpc) is 2.86. The van der Waals surface area contributed by atoms with Gasteiger partial charge in [0.05, 0.1) is 11.0 Å². The first kappa shape index (κ1) is 17.0. The Bertz CT molecular complexity index is 712. The Morgan fingerprint density at radius 1 is 1.22 bits per heavy atom. The van der Waals surface area contributed by atoms with Gasteiger partial charge < -0.3 is 9.47 Å². The topological polar surface area (TPSA) is 38.1 Å². The summed E-state index contributed by atoms with van der Waals surface area (Å²) in [5.41, 5.74) is 1.77. The van der Waals surface area contributed by atoms with Gasteiger partial charge in [-0.1, -0.05) is 45.1 Å². The molecule has 0 saturated carbocycles. The van der Waals surface area contributed by atoms with Crippen molar-refractivity contribution in [1.82, 2.24) is 14.5 Å². The van der Waals surface area contributed by atoms with Crippen LogP contribution in [0.15, 0.2) is 49.6 Å². The Hall–Kier alpha value is -2.36. The molecule has 0 bridgehead atoms. The minimum absolute atomic E-state index is 0.0402. The van der Waals surface area contributed by atoms with Crippen molar-refractivity contribution < 1.29 is 4.79 Å². The smallest absolute Gasteiger partial charge is 0.243 e. The van der Waals surface area contributed by atoms with Crippen LogP contribution < -0.4 is 0 Å². The highest BCUT2D eigenvalue weighted by Gasteiger charge is 2.24. The quantitative estimate of drug-likeness (QED) is 0.765. The van der Waals surface area contributed by atoms with E-state index in [0.29, 0.717) is 13.1 Å². The number of benzene rings is 1. The number of amides is 1. The van der Waals surface area contributed by atoms with Gasteiger partial charge in [-0.2, -0.15) is 0 Å². The number of nitrogens with zero attached hydrogens (tertiary/aromatic N) is 3. The minimum atomic E-state index is -0.138. The van der Waals surface area contributed by atoms with Crippen molar-refractivity contribution in [2.45, 2.75) is 32.7 Å². The van der Waals surface area contributed by atoms with E-state index in [0.717, 1.165) is 16.9 Å². The predicted molar refractivity (Wildman–Crippen MR) is 95.4 cm³/mol. The van der Waals surface area contributed by atoms with Crippen molar-refractivity contribution in [3.63, 3.8) is 0 Å². The maximum atomic E-state index is 12.7. The Balaban J connectivity index is 2.43. The Morgan fingerprint density at radius 3 is 2.39 bits per heavy atom. The van der Waals surface area contributed by atoms with Crippen LogP contribution in [0.2, 0.25) is 0 Å². The summed E-state index contributed by atoms with van der Waals surface area (Å²) in [6.07, 6.45) is 3.47. The first-order valence-corrected chi connectivity index (χ1v) is 7.83. The fourth-order valence-corrected chi connectivity index (χ4v) is 2.63. The summed E-state index contributed by atoms with van der Waals surface area (Å²) in [6.45, 7) is 15.1. The third-order valence-electron chi connectivity index (χ3n) is 3.67. The van der Waals surface area contributed by atoms with Crippen molar-refractivity contribution in [2.75, 3.05) is 13.1 Å². The molecule has 2 rings (SSSR count). The number of carbonyl (C=O) groups excluding carboxylic acids is 1. The second-order valence-electron chi connectivity index (χ2n) is 6.64. The van der Waals surface area contributed by atoms with Crippen LogP contribution in [0.1, 0.15) is 26.6 Å². The molecule has 0 saturated heterocycles. The Morgan fingerprint density at radius 2 is 1.83 bits per heavy atom. The molecule has 4 heteroatoms. The van der Waals surface area contributed by atoms with E-state index in [2.05, 4.69) is 33.9 Å². The Kier molecular flexibility index (Phi) is 5.04. The number of fused-ring (bicyclic) bond motifs is 1. The van der Waals surface area contributed by atoms with Gasteiger partial charge in [0.15, 0.2) is 0 Å². The lowest BCUT2D eigenvalue weighted by molar-refractivity contribution is -0.130. The molecule has 122 valence electrons. The highest BCUT2D eigenvalue weighted by Crippen LogP contribution is 2.26. The molecule has 4 nitrogen and oxygen atoms in total. The van der Waals surface area contributed by atoms with Crippen LogP contribution in [0.4, 0.5) is 0 Å². The summed E-state index contributed by atoms with van der Waals surface area (Å²) in [7, 11) is 0. The van der Waals surface area contributed by atoms with Crippen molar-refractivity contribution in [2.24, 2.45) is 0 Å². The molecule has 0 radical (unpaired) electrons. The summed E-state index contributed by atoms with van der Waals surface area (Å²) in [4.78, 5) is 19.2. The summed E-state index contributed by atoms with van der Waals surface area (Å²) in [5.74, 6) is 0.961. The van der Waals surface area contributed by atoms with Crippen LogP contribution in [0.5, 0.6) is 0 Å². The monoisotopic (exact) mass is 311 g/mol. The molecular weight excluding hydrogens is 286 g/mol. The summed E-state index contributed by atoms with van der Waals surface area (Å²) < 4.78 is 2.02. The lowest BCUT2D eigenvalue weighted by Crippen LogP contribution is -2.35. The van der Waals surface area contributed by atoms with Gasteiger partial charge >= 0.3 is 0 Å². The van der Waals surface area contributed by atoms with E-state index in [-0.39, 0.29) is 17.9 Å². The largest absolute Gasteiger partial charge is 0.334 e. The van der Waals surface area contributed by atoms with E-state index < -0.39 is 0 Å². The SMILES string of the molecule is C=CCN(CC=C)C(=O)Cn1c(C(C)(C)C)nc2ccccc21. The van der Waals surface area contributed by atoms with E-state index in [1.807, 2.05) is 28.8 Å². The second kappa shape index (κ2) is 6.82. The highest BCUT2D eigenvalue weighted by atomic mass is 16.2. The maximum Gasteiger partial charge on any atom is 0.243 e. The molecule has 1 heterocycles. The highest BCUT2D eigenvalue weighted by molar-refractivity contribution is 5.81. The second-order valence-corrected chi connectivity index (χ2v) is 6.64. The van der Waals surface area contributed by atoms with Gasteiger partial charge in [-0.15, -0.1) is 13.2 Å². The van der Waals surface area contributed by atoms with E-state index in [4.69, 9.17) is 4.98 Å². The van der Waals surface area contributed by atoms with E-state index in [9.17, 15) is 4.79 Å². The molecule has 0 aliphatic heterocycles. The summed E-state index contributed by atoms with van der Waals surface area (Å²) >= 11 is 0. The number of carbonyl (C=O) groups is 1. The first-order chi connectivity index (χ1) is 10.9. The molecule has 2 aromatic rings. The van der Waals surface area contributed by atoms with Crippen LogP contribution in [-0.2, 0) is 16.8 Å². The zero-order valence-electron chi connectivity index (χ0n) is 14.2. The van der Waals surface area contributed by atoms with Crippen molar-refractivity contribution in [3.8, 4) is 0 Å². The van der Waals surface area contributed by atoms with Crippen LogP contribution in [0, 0.1) is 0 Å². The molecule has 0 aliphatic rings. The fraction of sp³-hybridized carbons (Fsp3) is 0.368. The molecule has 23 heavy (non-hydrogen) atoms. The van der Waals surface area contributed by atoms with Gasteiger partial charge in [0.25, 0.3) is 0 Å². The molecular formula is C19H25N3O. The van der Waals surface area contributed by atoms with Crippen LogP contribution in [0.3, 0.4) is 0 Å². The van der Waals surface area contributed by atoms with Gasteiger partial charge in [-0.05, 0) is 12.1 Å². The van der Waals surface area contributed by atoms with Gasteiger partial charge in [-0.3, -0.25) is 4.79 Å². The van der Waals surface area contributed by atoms with E-state index in [1.54, 1.807) is 17.1 Å². The molecule has 1 aromatic carbocycles. The zero-order chi connectivity index (χ0) is 17.0. The third-order valence-corrected chi connectivity index (χ3v) is 3.67. The lowest BCUT2D eigenvalue weighted by Gasteiger charge is -2.23. The van der Waals surface area contributed by atoms with Crippen LogP contribution >= 0.6 is 0 Å². The van der Waals surface area contributed by atoms with Gasteiger partial charge in [-0.25, -0.2) is 4.98 Å². The van der Waals surface area contributed by atoms with Crippen molar-refractivity contribution in [3.05, 3.63) is 55.4 Å². The number of aromatic nitrogens is 2. The molecule has 0 unspecified atom stereocenters. The molecule has 0 spiro atoms. The van der Waals surface area contributed by atoms with Crippen molar-refractivity contribution >= 4 is 16.9 Å². The van der Waals surface area contributed by atoms with Gasteiger partial charge in [0.2, 0.25) is 5.91 Å². The van der Waals surface area contributed by atoms with Crippen LogP contribution in [-0.4, -0.2) is 33.4 Å². The number of hydrogen-bond donors (Lipinski definition) is 0. The predicted octanol–water partition coefficient (Wildman–Crippen LogP) is 3.53. The van der Waals surface area contributed by atoms with Crippen molar-refractivity contribution in [1.29, 1.82) is 0 Å². The number of imidazole rings is 1. The fourth-order valence-electron chi connectivity index (χ4n) is 2.63. The van der Waals surface area contributed by atoms with E-state index >= 15 is 0 Å². The minimum Gasteiger partial charge on any atom is -0.334 e. The molecule has 1 amide bonds. The maximum absolute atomic E-state index is 12.7. The van der Waals surface area contributed by atoms with Gasteiger partial charge in [0, 0.05) is 18.5 Å². The molecule has 0 aliphatic carbocycles. The molecule has 0 N–H and O–H groups in total. The standard InChI is InChI=1S/C19H25N3O/c1-6-12-21(13-7-2)17(23)14-22-16-11-9-8-10-15(16)20-18(22)19(3,4)5/h6-11H,1-2,12-14H2,3-5H3. The van der Waals surface area contributed by atoms with Crippen LogP contribution in [0.25, 0.3) is 11.0 Å². The lowest BCUT2D eigenvalue weighted by atomic mass is 9.95. The Labute approximate surface area is 138 Å². The van der Waals surface area contributed by atoms with Gasteiger partial charge in [0.1, 0.15) is 12.4 Å². The molecule has 0 fully saturated rings. The first-order valence-electron chi connectivity index (χ1n) is 7.83. The number of hydrogen-bond acceptors (Lipinski definition) is 2. The third kappa shape index (κ3) is 3.70. The molecule has 1 aromatic heterocycles. The number of rotatable bonds is 6. The average molecular weight is 311 g/mol. The summed E-state index contributed by atoms with van der Waals surface area (Å²) in [6, 6.07) is 7.94. The van der Waals surface area contributed by atoms with E-state index in [1.165, 1.54) is 0 Å². The molecule has 0 atom stereocenters.